The molecule has 0 spiro atoms. The minimum Gasteiger partial charge on any atom is -0.368 e. The molecule has 0 bridgehead atoms. The van der Waals surface area contributed by atoms with E-state index in [1.165, 1.54) is 11.8 Å². The highest BCUT2D eigenvalue weighted by Crippen LogP contribution is 2.22. The van der Waals surface area contributed by atoms with Gasteiger partial charge in [0.25, 0.3) is 0 Å². The Labute approximate surface area is 102 Å². The monoisotopic (exact) mass is 252 g/mol. The minimum absolute atomic E-state index is 0.179. The van der Waals surface area contributed by atoms with Crippen LogP contribution in [0.3, 0.4) is 0 Å². The fourth-order valence-electron chi connectivity index (χ4n) is 1.06. The van der Waals surface area contributed by atoms with E-state index in [0.717, 1.165) is 5.82 Å². The number of rotatable bonds is 3. The molecule has 0 aliphatic rings. The maximum absolute atomic E-state index is 5.61. The number of nitrogens with two attached hydrogens (primary N) is 1. The van der Waals surface area contributed by atoms with E-state index in [0.29, 0.717) is 16.3 Å². The van der Waals surface area contributed by atoms with Crippen LogP contribution in [0.15, 0.2) is 10.3 Å². The molecular formula is C8H12N8S. The molecule has 0 aliphatic carbocycles. The molecule has 0 saturated heterocycles. The summed E-state index contributed by atoms with van der Waals surface area (Å²) in [7, 11) is 3.67. The molecule has 0 unspecified atom stereocenters. The third-order valence-electron chi connectivity index (χ3n) is 1.78. The summed E-state index contributed by atoms with van der Waals surface area (Å²) in [4.78, 5) is 18.2. The molecule has 3 N–H and O–H groups in total. The molecule has 0 aliphatic heterocycles. The Morgan fingerprint density at radius 2 is 1.88 bits per heavy atom. The van der Waals surface area contributed by atoms with Crippen LogP contribution in [-0.4, -0.2) is 44.2 Å². The Balaban J connectivity index is 2.26. The van der Waals surface area contributed by atoms with E-state index < -0.39 is 0 Å². The zero-order chi connectivity index (χ0) is 12.4. The average Bonchev–Trinajstić information content (AvgIpc) is 2.63. The lowest BCUT2D eigenvalue weighted by Gasteiger charge is -2.10. The van der Waals surface area contributed by atoms with Crippen LogP contribution in [0.4, 0.5) is 11.9 Å². The minimum atomic E-state index is 0.179. The first kappa shape index (κ1) is 11.6. The van der Waals surface area contributed by atoms with Crippen LogP contribution in [-0.2, 0) is 0 Å². The van der Waals surface area contributed by atoms with Gasteiger partial charge in [-0.1, -0.05) is 0 Å². The highest BCUT2D eigenvalue weighted by atomic mass is 32.2. The number of aryl methyl sites for hydroxylation is 1. The molecule has 2 heterocycles. The normalized spacial score (nSPS) is 10.5. The van der Waals surface area contributed by atoms with Crippen LogP contribution in [0.5, 0.6) is 0 Å². The SMILES string of the molecule is Cc1nc(Sc2nc(N)nc(N(C)C)n2)n[nH]1. The van der Waals surface area contributed by atoms with E-state index in [9.17, 15) is 0 Å². The molecular weight excluding hydrogens is 240 g/mol. The zero-order valence-corrected chi connectivity index (χ0v) is 10.5. The van der Waals surface area contributed by atoms with Gasteiger partial charge < -0.3 is 10.6 Å². The van der Waals surface area contributed by atoms with Gasteiger partial charge in [0.05, 0.1) is 0 Å². The lowest BCUT2D eigenvalue weighted by molar-refractivity contribution is 0.868. The van der Waals surface area contributed by atoms with Crippen molar-refractivity contribution in [2.75, 3.05) is 24.7 Å². The molecule has 0 amide bonds. The Kier molecular flexibility index (Phi) is 3.09. The predicted molar refractivity (Wildman–Crippen MR) is 63.8 cm³/mol. The summed E-state index contributed by atoms with van der Waals surface area (Å²) in [6.45, 7) is 1.82. The summed E-state index contributed by atoms with van der Waals surface area (Å²) in [5.41, 5.74) is 5.61. The molecule has 0 saturated carbocycles. The van der Waals surface area contributed by atoms with Gasteiger partial charge in [-0.15, -0.1) is 5.10 Å². The maximum atomic E-state index is 5.61. The summed E-state index contributed by atoms with van der Waals surface area (Å²) >= 11 is 1.23. The number of nitrogens with zero attached hydrogens (tertiary/aromatic N) is 6. The van der Waals surface area contributed by atoms with Gasteiger partial charge in [0.15, 0.2) is 0 Å². The molecule has 9 heteroatoms. The lowest BCUT2D eigenvalue weighted by Crippen LogP contribution is -2.15. The van der Waals surface area contributed by atoms with Gasteiger partial charge in [0.2, 0.25) is 22.2 Å². The summed E-state index contributed by atoms with van der Waals surface area (Å²) in [6, 6.07) is 0. The fourth-order valence-corrected chi connectivity index (χ4v) is 1.76. The van der Waals surface area contributed by atoms with Crippen molar-refractivity contribution in [3.63, 3.8) is 0 Å². The second-order valence-corrected chi connectivity index (χ2v) is 4.41. The number of aromatic nitrogens is 6. The predicted octanol–water partition coefficient (Wildman–Crippen LogP) is 0.0975. The molecule has 0 fully saturated rings. The zero-order valence-electron chi connectivity index (χ0n) is 9.67. The lowest BCUT2D eigenvalue weighted by atomic mass is 10.8. The largest absolute Gasteiger partial charge is 0.368 e. The third-order valence-corrected chi connectivity index (χ3v) is 2.51. The van der Waals surface area contributed by atoms with Gasteiger partial charge >= 0.3 is 0 Å². The van der Waals surface area contributed by atoms with Gasteiger partial charge in [0.1, 0.15) is 5.82 Å². The van der Waals surface area contributed by atoms with Gasteiger partial charge in [-0.2, -0.15) is 15.0 Å². The number of aromatic amines is 1. The number of hydrogen-bond acceptors (Lipinski definition) is 8. The fraction of sp³-hybridized carbons (Fsp3) is 0.375. The molecule has 2 aromatic heterocycles. The van der Waals surface area contributed by atoms with E-state index in [1.54, 1.807) is 4.90 Å². The molecule has 0 atom stereocenters. The summed E-state index contributed by atoms with van der Waals surface area (Å²) in [6.07, 6.45) is 0. The molecule has 0 aromatic carbocycles. The molecule has 0 radical (unpaired) electrons. The van der Waals surface area contributed by atoms with Crippen LogP contribution in [0.25, 0.3) is 0 Å². The smallest absolute Gasteiger partial charge is 0.230 e. The average molecular weight is 252 g/mol. The van der Waals surface area contributed by atoms with E-state index in [1.807, 2.05) is 21.0 Å². The third kappa shape index (κ3) is 2.81. The summed E-state index contributed by atoms with van der Waals surface area (Å²) in [5, 5.41) is 7.76. The molecule has 17 heavy (non-hydrogen) atoms. The molecule has 2 aromatic rings. The van der Waals surface area contributed by atoms with Crippen LogP contribution in [0.1, 0.15) is 5.82 Å². The molecule has 2 rings (SSSR count). The van der Waals surface area contributed by atoms with Crippen molar-refractivity contribution < 1.29 is 0 Å². The van der Waals surface area contributed by atoms with Gasteiger partial charge in [0, 0.05) is 14.1 Å². The highest BCUT2D eigenvalue weighted by molar-refractivity contribution is 7.99. The Morgan fingerprint density at radius 1 is 1.12 bits per heavy atom. The van der Waals surface area contributed by atoms with Crippen LogP contribution in [0, 0.1) is 6.92 Å². The maximum Gasteiger partial charge on any atom is 0.230 e. The topological polar surface area (TPSA) is 110 Å². The van der Waals surface area contributed by atoms with Crippen molar-refractivity contribution in [3.05, 3.63) is 5.82 Å². The van der Waals surface area contributed by atoms with Crippen molar-refractivity contribution in [1.29, 1.82) is 0 Å². The number of H-pyrrole nitrogens is 1. The standard InChI is InChI=1S/C8H12N8S/c1-4-10-8(15-14-4)17-7-12-5(9)11-6(13-7)16(2)3/h1-3H3,(H,10,14,15)(H2,9,11,12,13). The second-order valence-electron chi connectivity index (χ2n) is 3.48. The van der Waals surface area contributed by atoms with E-state index >= 15 is 0 Å². The van der Waals surface area contributed by atoms with Crippen molar-refractivity contribution in [1.82, 2.24) is 30.1 Å². The second kappa shape index (κ2) is 4.53. The first-order valence-electron chi connectivity index (χ1n) is 4.80. The quantitative estimate of drug-likeness (QED) is 0.791. The van der Waals surface area contributed by atoms with Crippen LogP contribution < -0.4 is 10.6 Å². The first-order chi connectivity index (χ1) is 8.04. The number of hydrogen-bond donors (Lipinski definition) is 2. The van der Waals surface area contributed by atoms with Crippen molar-refractivity contribution in [3.8, 4) is 0 Å². The van der Waals surface area contributed by atoms with Crippen molar-refractivity contribution in [2.24, 2.45) is 0 Å². The number of nitrogen functional groups attached to an aromatic ring is 1. The van der Waals surface area contributed by atoms with Gasteiger partial charge in [-0.3, -0.25) is 5.10 Å². The summed E-state index contributed by atoms with van der Waals surface area (Å²) in [5.74, 6) is 1.42. The van der Waals surface area contributed by atoms with E-state index in [-0.39, 0.29) is 5.95 Å². The van der Waals surface area contributed by atoms with Crippen LogP contribution in [0.2, 0.25) is 0 Å². The van der Waals surface area contributed by atoms with E-state index in [4.69, 9.17) is 5.73 Å². The summed E-state index contributed by atoms with van der Waals surface area (Å²) < 4.78 is 0. The van der Waals surface area contributed by atoms with Crippen LogP contribution >= 0.6 is 11.8 Å². The van der Waals surface area contributed by atoms with Crippen molar-refractivity contribution in [2.45, 2.75) is 17.2 Å². The Morgan fingerprint density at radius 3 is 2.47 bits per heavy atom. The first-order valence-corrected chi connectivity index (χ1v) is 5.62. The van der Waals surface area contributed by atoms with E-state index in [2.05, 4.69) is 30.1 Å². The van der Waals surface area contributed by atoms with Gasteiger partial charge in [-0.05, 0) is 18.7 Å². The van der Waals surface area contributed by atoms with Gasteiger partial charge in [-0.25, -0.2) is 4.98 Å². The number of anilines is 2. The Bertz CT molecular complexity index is 522. The number of nitrogens with one attached hydrogen (secondary N) is 1. The van der Waals surface area contributed by atoms with Crippen molar-refractivity contribution >= 4 is 23.7 Å². The molecule has 90 valence electrons. The Hall–Kier alpha value is -1.90. The highest BCUT2D eigenvalue weighted by Gasteiger charge is 2.10. The molecule has 8 nitrogen and oxygen atoms in total.